The number of nitrogens with one attached hydrogen (secondary N) is 1. The normalized spacial score (nSPS) is 10.7. The Bertz CT molecular complexity index is 1120. The van der Waals surface area contributed by atoms with E-state index in [1.807, 2.05) is 41.8 Å². The van der Waals surface area contributed by atoms with Crippen LogP contribution in [0, 0.1) is 5.82 Å². The van der Waals surface area contributed by atoms with Gasteiger partial charge in [-0.25, -0.2) is 9.37 Å². The number of aromatic nitrogens is 1. The molecular formula is C22H17FN2O2S2. The van der Waals surface area contributed by atoms with Crippen molar-refractivity contribution in [3.8, 4) is 26.8 Å². The number of hydrogen-bond donors (Lipinski definition) is 1. The Labute approximate surface area is 175 Å². The van der Waals surface area contributed by atoms with E-state index in [0.717, 1.165) is 32.3 Å². The van der Waals surface area contributed by atoms with Gasteiger partial charge in [-0.1, -0.05) is 24.3 Å². The first-order chi connectivity index (χ1) is 14.1. The van der Waals surface area contributed by atoms with E-state index >= 15 is 0 Å². The molecule has 2 aromatic heterocycles. The second-order valence-electron chi connectivity index (χ2n) is 6.28. The molecular weight excluding hydrogens is 407 g/mol. The van der Waals surface area contributed by atoms with Gasteiger partial charge in [0.05, 0.1) is 24.1 Å². The SMILES string of the molecule is COc1ccc(CC(=O)Nc2nc(-c3ccc(-c4ccc(F)cc4)s3)cs2)cc1. The third-order valence-corrected chi connectivity index (χ3v) is 6.18. The fraction of sp³-hybridized carbons (Fsp3) is 0.0909. The first-order valence-corrected chi connectivity index (χ1v) is 10.5. The third-order valence-electron chi connectivity index (χ3n) is 4.26. The Balaban J connectivity index is 1.41. The average molecular weight is 425 g/mol. The van der Waals surface area contributed by atoms with Crippen LogP contribution >= 0.6 is 22.7 Å². The summed E-state index contributed by atoms with van der Waals surface area (Å²) in [5.74, 6) is 0.393. The van der Waals surface area contributed by atoms with Gasteiger partial charge in [-0.15, -0.1) is 22.7 Å². The zero-order chi connectivity index (χ0) is 20.2. The van der Waals surface area contributed by atoms with E-state index in [1.165, 1.54) is 23.5 Å². The van der Waals surface area contributed by atoms with Crippen LogP contribution in [-0.4, -0.2) is 18.0 Å². The van der Waals surface area contributed by atoms with E-state index in [0.29, 0.717) is 5.13 Å². The first kappa shape index (κ1) is 19.3. The van der Waals surface area contributed by atoms with Crippen LogP contribution in [-0.2, 0) is 11.2 Å². The molecule has 2 heterocycles. The number of thiazole rings is 1. The van der Waals surface area contributed by atoms with Crippen LogP contribution < -0.4 is 10.1 Å². The maximum absolute atomic E-state index is 13.1. The Kier molecular flexibility index (Phi) is 5.69. The van der Waals surface area contributed by atoms with Crippen molar-refractivity contribution in [1.29, 1.82) is 0 Å². The molecule has 0 unspecified atom stereocenters. The molecule has 146 valence electrons. The summed E-state index contributed by atoms with van der Waals surface area (Å²) in [4.78, 5) is 18.9. The number of carbonyl (C=O) groups is 1. The molecule has 29 heavy (non-hydrogen) atoms. The number of anilines is 1. The molecule has 0 aliphatic rings. The molecule has 0 saturated heterocycles. The van der Waals surface area contributed by atoms with E-state index in [9.17, 15) is 9.18 Å². The van der Waals surface area contributed by atoms with Crippen molar-refractivity contribution in [2.75, 3.05) is 12.4 Å². The number of hydrogen-bond acceptors (Lipinski definition) is 5. The molecule has 2 aromatic carbocycles. The molecule has 4 nitrogen and oxygen atoms in total. The van der Waals surface area contributed by atoms with E-state index in [1.54, 1.807) is 30.6 Å². The van der Waals surface area contributed by atoms with Crippen LogP contribution in [0.5, 0.6) is 5.75 Å². The lowest BCUT2D eigenvalue weighted by molar-refractivity contribution is -0.115. The summed E-state index contributed by atoms with van der Waals surface area (Å²) in [5, 5.41) is 5.34. The highest BCUT2D eigenvalue weighted by Gasteiger charge is 2.11. The van der Waals surface area contributed by atoms with Crippen molar-refractivity contribution in [3.63, 3.8) is 0 Å². The summed E-state index contributed by atoms with van der Waals surface area (Å²) in [6.07, 6.45) is 0.270. The van der Waals surface area contributed by atoms with Gasteiger partial charge >= 0.3 is 0 Å². The number of amides is 1. The molecule has 4 aromatic rings. The Morgan fingerprint density at radius 3 is 2.48 bits per heavy atom. The van der Waals surface area contributed by atoms with Crippen LogP contribution in [0.2, 0.25) is 0 Å². The number of methoxy groups -OCH3 is 1. The Morgan fingerprint density at radius 1 is 1.03 bits per heavy atom. The highest BCUT2D eigenvalue weighted by atomic mass is 32.1. The number of halogens is 1. The van der Waals surface area contributed by atoms with Gasteiger partial charge in [-0.05, 0) is 47.5 Å². The van der Waals surface area contributed by atoms with Gasteiger partial charge < -0.3 is 10.1 Å². The summed E-state index contributed by atoms with van der Waals surface area (Å²) in [6, 6.07) is 17.8. The zero-order valence-electron chi connectivity index (χ0n) is 15.5. The van der Waals surface area contributed by atoms with Gasteiger partial charge in [0.15, 0.2) is 5.13 Å². The van der Waals surface area contributed by atoms with Crippen molar-refractivity contribution in [1.82, 2.24) is 4.98 Å². The van der Waals surface area contributed by atoms with E-state index in [2.05, 4.69) is 10.3 Å². The van der Waals surface area contributed by atoms with Gasteiger partial charge in [-0.2, -0.15) is 0 Å². The minimum Gasteiger partial charge on any atom is -0.497 e. The second-order valence-corrected chi connectivity index (χ2v) is 8.22. The number of nitrogens with zero attached hydrogens (tertiary/aromatic N) is 1. The van der Waals surface area contributed by atoms with Crippen LogP contribution in [0.15, 0.2) is 66.0 Å². The average Bonchev–Trinajstić information content (AvgIpc) is 3.39. The summed E-state index contributed by atoms with van der Waals surface area (Å²) in [6.45, 7) is 0. The van der Waals surface area contributed by atoms with Crippen molar-refractivity contribution in [2.45, 2.75) is 6.42 Å². The predicted molar refractivity (Wildman–Crippen MR) is 116 cm³/mol. The van der Waals surface area contributed by atoms with Crippen molar-refractivity contribution < 1.29 is 13.9 Å². The highest BCUT2D eigenvalue weighted by Crippen LogP contribution is 2.35. The molecule has 0 bridgehead atoms. The molecule has 0 saturated carbocycles. The lowest BCUT2D eigenvalue weighted by Gasteiger charge is -2.03. The fourth-order valence-corrected chi connectivity index (χ4v) is 4.55. The molecule has 0 aliphatic carbocycles. The van der Waals surface area contributed by atoms with Crippen LogP contribution in [0.3, 0.4) is 0 Å². The standard InChI is InChI=1S/C22H17FN2O2S2/c1-27-17-8-2-14(3-9-17)12-21(26)25-22-24-18(13-28-22)20-11-10-19(29-20)15-4-6-16(23)7-5-15/h2-11,13H,12H2,1H3,(H,24,25,26). The summed E-state index contributed by atoms with van der Waals surface area (Å²) >= 11 is 2.97. The number of carbonyl (C=O) groups excluding carboxylic acids is 1. The molecule has 0 radical (unpaired) electrons. The van der Waals surface area contributed by atoms with E-state index in [4.69, 9.17) is 4.74 Å². The fourth-order valence-electron chi connectivity index (χ4n) is 2.78. The second kappa shape index (κ2) is 8.55. The van der Waals surface area contributed by atoms with Crippen molar-refractivity contribution in [2.24, 2.45) is 0 Å². The van der Waals surface area contributed by atoms with Crippen LogP contribution in [0.25, 0.3) is 21.0 Å². The van der Waals surface area contributed by atoms with E-state index in [-0.39, 0.29) is 18.1 Å². The van der Waals surface area contributed by atoms with Crippen molar-refractivity contribution in [3.05, 3.63) is 77.4 Å². The Morgan fingerprint density at radius 2 is 1.76 bits per heavy atom. The summed E-state index contributed by atoms with van der Waals surface area (Å²) in [5.41, 5.74) is 2.68. The summed E-state index contributed by atoms with van der Waals surface area (Å²) in [7, 11) is 1.61. The van der Waals surface area contributed by atoms with E-state index < -0.39 is 0 Å². The van der Waals surface area contributed by atoms with Crippen molar-refractivity contribution >= 4 is 33.7 Å². The Hall–Kier alpha value is -3.03. The zero-order valence-corrected chi connectivity index (χ0v) is 17.1. The maximum atomic E-state index is 13.1. The number of ether oxygens (including phenoxy) is 1. The van der Waals surface area contributed by atoms with Crippen LogP contribution in [0.1, 0.15) is 5.56 Å². The molecule has 0 aliphatic heterocycles. The first-order valence-electron chi connectivity index (χ1n) is 8.85. The monoisotopic (exact) mass is 424 g/mol. The number of thiophene rings is 1. The molecule has 4 rings (SSSR count). The smallest absolute Gasteiger partial charge is 0.230 e. The predicted octanol–water partition coefficient (Wildman–Crippen LogP) is 5.87. The number of rotatable bonds is 6. The topological polar surface area (TPSA) is 51.2 Å². The van der Waals surface area contributed by atoms with Gasteiger partial charge in [0, 0.05) is 10.3 Å². The van der Waals surface area contributed by atoms with Gasteiger partial charge in [-0.3, -0.25) is 4.79 Å². The van der Waals surface area contributed by atoms with Gasteiger partial charge in [0.25, 0.3) is 0 Å². The summed E-state index contributed by atoms with van der Waals surface area (Å²) < 4.78 is 18.2. The lowest BCUT2D eigenvalue weighted by atomic mass is 10.1. The molecule has 1 N–H and O–H groups in total. The molecule has 0 fully saturated rings. The largest absolute Gasteiger partial charge is 0.497 e. The highest BCUT2D eigenvalue weighted by molar-refractivity contribution is 7.19. The number of benzene rings is 2. The van der Waals surface area contributed by atoms with Gasteiger partial charge in [0.2, 0.25) is 5.91 Å². The molecule has 0 atom stereocenters. The molecule has 0 spiro atoms. The quantitative estimate of drug-likeness (QED) is 0.421. The maximum Gasteiger partial charge on any atom is 0.230 e. The lowest BCUT2D eigenvalue weighted by Crippen LogP contribution is -2.14. The van der Waals surface area contributed by atoms with Crippen LogP contribution in [0.4, 0.5) is 9.52 Å². The minimum atomic E-state index is -0.250. The third kappa shape index (κ3) is 4.70. The molecule has 1 amide bonds. The molecule has 7 heteroatoms. The van der Waals surface area contributed by atoms with Gasteiger partial charge in [0.1, 0.15) is 11.6 Å². The minimum absolute atomic E-state index is 0.116.